The van der Waals surface area contributed by atoms with Crippen molar-refractivity contribution < 1.29 is 11.2 Å². The Hall–Kier alpha value is -0.870. The van der Waals surface area contributed by atoms with Crippen molar-refractivity contribution in [1.82, 2.24) is 4.72 Å². The summed E-state index contributed by atoms with van der Waals surface area (Å²) < 4.78 is 39.8. The van der Waals surface area contributed by atoms with Crippen LogP contribution in [0.5, 0.6) is 0 Å². The van der Waals surface area contributed by atoms with E-state index in [9.17, 15) is 8.42 Å². The summed E-state index contributed by atoms with van der Waals surface area (Å²) in [5, 5.41) is 0. The lowest BCUT2D eigenvalue weighted by Crippen LogP contribution is -2.18. The number of rotatable bonds is 2. The van der Waals surface area contributed by atoms with Crippen molar-refractivity contribution in [2.45, 2.75) is 11.8 Å². The van der Waals surface area contributed by atoms with E-state index in [4.69, 9.17) is 2.74 Å². The van der Waals surface area contributed by atoms with Gasteiger partial charge in [-0.2, -0.15) is 0 Å². The molecule has 66 valence electrons. The zero-order valence-corrected chi connectivity index (χ0v) is 7.70. The SMILES string of the molecule is [2H]c1cc(C)cc([2H])c1S(=O)(=O)NC. The maximum Gasteiger partial charge on any atom is 0.240 e. The maximum absolute atomic E-state index is 11.4. The lowest BCUT2D eigenvalue weighted by atomic mass is 10.2. The molecule has 0 aliphatic heterocycles. The van der Waals surface area contributed by atoms with Crippen LogP contribution < -0.4 is 4.72 Å². The van der Waals surface area contributed by atoms with E-state index in [1.54, 1.807) is 6.92 Å². The zero-order valence-electron chi connectivity index (χ0n) is 8.88. The first-order valence-electron chi connectivity index (χ1n) is 4.40. The molecule has 0 aliphatic carbocycles. The Bertz CT molecular complexity index is 433. The van der Waals surface area contributed by atoms with Crippen molar-refractivity contribution in [2.24, 2.45) is 0 Å². The van der Waals surface area contributed by atoms with E-state index in [1.165, 1.54) is 19.2 Å². The van der Waals surface area contributed by atoms with E-state index < -0.39 is 10.0 Å². The second-order valence-electron chi connectivity index (χ2n) is 2.36. The molecule has 1 N–H and O–H groups in total. The maximum atomic E-state index is 11.4. The molecule has 0 saturated heterocycles. The quantitative estimate of drug-likeness (QED) is 0.747. The van der Waals surface area contributed by atoms with E-state index in [1.807, 2.05) is 0 Å². The minimum absolute atomic E-state index is 0.149. The molecule has 0 saturated carbocycles. The van der Waals surface area contributed by atoms with E-state index in [2.05, 4.69) is 4.72 Å². The Morgan fingerprint density at radius 1 is 1.42 bits per heavy atom. The lowest BCUT2D eigenvalue weighted by molar-refractivity contribution is 0.588. The predicted octanol–water partition coefficient (Wildman–Crippen LogP) is 0.903. The molecular weight excluding hydrogens is 174 g/mol. The molecule has 0 atom stereocenters. The monoisotopic (exact) mass is 187 g/mol. The first kappa shape index (κ1) is 6.62. The highest BCUT2D eigenvalue weighted by molar-refractivity contribution is 7.89. The van der Waals surface area contributed by atoms with Gasteiger partial charge >= 0.3 is 0 Å². The molecule has 1 rings (SSSR count). The van der Waals surface area contributed by atoms with Crippen molar-refractivity contribution in [3.8, 4) is 0 Å². The Morgan fingerprint density at radius 2 is 1.92 bits per heavy atom. The van der Waals surface area contributed by atoms with Gasteiger partial charge in [0.15, 0.2) is 0 Å². The molecule has 0 amide bonds. The molecule has 1 aromatic carbocycles. The first-order chi connectivity index (χ1) is 6.38. The Balaban J connectivity index is 3.51. The van der Waals surface area contributed by atoms with Gasteiger partial charge in [0.2, 0.25) is 10.0 Å². The van der Waals surface area contributed by atoms with E-state index in [-0.39, 0.29) is 17.0 Å². The fourth-order valence-corrected chi connectivity index (χ4v) is 1.33. The smallest absolute Gasteiger partial charge is 0.214 e. The summed E-state index contributed by atoms with van der Waals surface area (Å²) in [7, 11) is -2.44. The van der Waals surface area contributed by atoms with Crippen LogP contribution in [0, 0.1) is 6.92 Å². The second-order valence-corrected chi connectivity index (χ2v) is 4.18. The molecule has 4 heteroatoms. The normalized spacial score (nSPS) is 13.8. The average Bonchev–Trinajstić information content (AvgIpc) is 2.01. The average molecular weight is 187 g/mol. The van der Waals surface area contributed by atoms with Gasteiger partial charge in [-0.1, -0.05) is 17.7 Å². The van der Waals surface area contributed by atoms with Crippen molar-refractivity contribution in [3.63, 3.8) is 0 Å². The summed E-state index contributed by atoms with van der Waals surface area (Å²) in [6, 6.07) is 2.54. The lowest BCUT2D eigenvalue weighted by Gasteiger charge is -2.01. The van der Waals surface area contributed by atoms with Crippen molar-refractivity contribution in [2.75, 3.05) is 7.05 Å². The summed E-state index contributed by atoms with van der Waals surface area (Å²) in [5.41, 5.74) is 0.704. The second kappa shape index (κ2) is 3.25. The van der Waals surface area contributed by atoms with Crippen molar-refractivity contribution in [3.05, 3.63) is 29.8 Å². The Labute approximate surface area is 75.3 Å². The van der Waals surface area contributed by atoms with Crippen molar-refractivity contribution >= 4 is 10.0 Å². The number of hydrogen-bond acceptors (Lipinski definition) is 2. The molecular formula is C8H11NO2S. The van der Waals surface area contributed by atoms with Gasteiger partial charge in [-0.25, -0.2) is 13.1 Å². The van der Waals surface area contributed by atoms with E-state index in [0.717, 1.165) is 0 Å². The summed E-state index contributed by atoms with van der Waals surface area (Å²) in [6.45, 7) is 1.71. The summed E-state index contributed by atoms with van der Waals surface area (Å²) >= 11 is 0. The summed E-state index contributed by atoms with van der Waals surface area (Å²) in [6.07, 6.45) is 0. The van der Waals surface area contributed by atoms with Gasteiger partial charge in [0.25, 0.3) is 0 Å². The minimum Gasteiger partial charge on any atom is -0.214 e. The highest BCUT2D eigenvalue weighted by atomic mass is 32.2. The molecule has 0 aromatic heterocycles. The van der Waals surface area contributed by atoms with Gasteiger partial charge in [0, 0.05) is 0 Å². The topological polar surface area (TPSA) is 46.2 Å². The van der Waals surface area contributed by atoms with Crippen LogP contribution in [0.3, 0.4) is 0 Å². The molecule has 0 heterocycles. The fourth-order valence-electron chi connectivity index (χ4n) is 0.699. The molecule has 0 radical (unpaired) electrons. The molecule has 0 spiro atoms. The van der Waals surface area contributed by atoms with Gasteiger partial charge in [-0.15, -0.1) is 0 Å². The van der Waals surface area contributed by atoms with Gasteiger partial charge in [0.1, 0.15) is 0 Å². The molecule has 0 unspecified atom stereocenters. The van der Waals surface area contributed by atoms with Crippen LogP contribution in [-0.2, 0) is 10.0 Å². The molecule has 0 bridgehead atoms. The van der Waals surface area contributed by atoms with Crippen LogP contribution >= 0.6 is 0 Å². The standard InChI is InChI=1S/C8H11NO2S/c1-7-3-5-8(6-4-7)12(10,11)9-2/h3-6,9H,1-2H3/i5D,6D. The number of sulfonamides is 1. The van der Waals surface area contributed by atoms with E-state index >= 15 is 0 Å². The third-order valence-corrected chi connectivity index (χ3v) is 2.71. The molecule has 0 fully saturated rings. The van der Waals surface area contributed by atoms with Crippen LogP contribution in [0.15, 0.2) is 29.1 Å². The van der Waals surface area contributed by atoms with Crippen LogP contribution in [0.4, 0.5) is 0 Å². The van der Waals surface area contributed by atoms with Crippen LogP contribution in [0.1, 0.15) is 8.30 Å². The van der Waals surface area contributed by atoms with E-state index in [0.29, 0.717) is 5.56 Å². The Morgan fingerprint density at radius 3 is 2.33 bits per heavy atom. The third-order valence-electron chi connectivity index (χ3n) is 1.40. The highest BCUT2D eigenvalue weighted by Gasteiger charge is 2.09. The molecule has 12 heavy (non-hydrogen) atoms. The minimum atomic E-state index is -3.70. The molecule has 1 aromatic rings. The van der Waals surface area contributed by atoms with Crippen LogP contribution in [0.25, 0.3) is 0 Å². The van der Waals surface area contributed by atoms with Gasteiger partial charge in [0.05, 0.1) is 7.64 Å². The summed E-state index contributed by atoms with van der Waals surface area (Å²) in [5.74, 6) is 0. The summed E-state index contributed by atoms with van der Waals surface area (Å²) in [4.78, 5) is -0.273. The highest BCUT2D eigenvalue weighted by Crippen LogP contribution is 2.08. The predicted molar refractivity (Wildman–Crippen MR) is 47.4 cm³/mol. The van der Waals surface area contributed by atoms with Gasteiger partial charge in [-0.05, 0) is 26.1 Å². The zero-order chi connectivity index (χ0) is 10.9. The molecule has 3 nitrogen and oxygen atoms in total. The largest absolute Gasteiger partial charge is 0.240 e. The van der Waals surface area contributed by atoms with Gasteiger partial charge in [-0.3, -0.25) is 0 Å². The first-order valence-corrected chi connectivity index (χ1v) is 4.88. The van der Waals surface area contributed by atoms with Crippen molar-refractivity contribution in [1.29, 1.82) is 0 Å². The molecule has 0 aliphatic rings. The number of aryl methyl sites for hydroxylation is 1. The number of nitrogens with one attached hydrogen (secondary N) is 1. The van der Waals surface area contributed by atoms with Gasteiger partial charge < -0.3 is 0 Å². The Kier molecular flexibility index (Phi) is 1.79. The third kappa shape index (κ3) is 1.84. The van der Waals surface area contributed by atoms with Crippen LogP contribution in [0.2, 0.25) is 0 Å². The number of hydrogen-bond donors (Lipinski definition) is 1. The fraction of sp³-hybridized carbons (Fsp3) is 0.250. The van der Waals surface area contributed by atoms with Crippen LogP contribution in [-0.4, -0.2) is 15.5 Å². The number of benzene rings is 1.